The average Bonchev–Trinajstić information content (AvgIpc) is 3.30. The van der Waals surface area contributed by atoms with Crippen LogP contribution in [0.2, 0.25) is 0 Å². The Morgan fingerprint density at radius 3 is 2.76 bits per heavy atom. The highest BCUT2D eigenvalue weighted by atomic mass is 16.1. The average molecular weight is 332 g/mol. The highest BCUT2D eigenvalue weighted by Crippen LogP contribution is 2.08. The smallest absolute Gasteiger partial charge is 0.254 e. The number of para-hydroxylation sites is 1. The van der Waals surface area contributed by atoms with E-state index in [-0.39, 0.29) is 5.91 Å². The van der Waals surface area contributed by atoms with Crippen LogP contribution in [0.5, 0.6) is 0 Å². The van der Waals surface area contributed by atoms with Crippen molar-refractivity contribution < 1.29 is 4.79 Å². The van der Waals surface area contributed by atoms with Crippen molar-refractivity contribution in [3.63, 3.8) is 0 Å². The Labute approximate surface area is 143 Å². The van der Waals surface area contributed by atoms with Crippen LogP contribution in [0.3, 0.4) is 0 Å². The third-order valence-corrected chi connectivity index (χ3v) is 3.88. The number of carbonyl (C=O) groups excluding carboxylic acids is 1. The zero-order chi connectivity index (χ0) is 17.1. The minimum atomic E-state index is -0.156. The summed E-state index contributed by atoms with van der Waals surface area (Å²) in [6.07, 6.45) is 5.80. The molecule has 7 nitrogen and oxygen atoms in total. The van der Waals surface area contributed by atoms with Crippen LogP contribution in [0, 0.1) is 0 Å². The first-order valence-corrected chi connectivity index (χ1v) is 7.98. The number of benzene rings is 1. The fourth-order valence-corrected chi connectivity index (χ4v) is 2.61. The van der Waals surface area contributed by atoms with Crippen molar-refractivity contribution in [2.75, 3.05) is 6.54 Å². The van der Waals surface area contributed by atoms with Crippen LogP contribution in [0.15, 0.2) is 67.1 Å². The molecular formula is C18H16N6O. The fourth-order valence-electron chi connectivity index (χ4n) is 2.61. The van der Waals surface area contributed by atoms with E-state index in [1.54, 1.807) is 17.1 Å². The van der Waals surface area contributed by atoms with E-state index in [0.717, 1.165) is 17.2 Å². The van der Waals surface area contributed by atoms with Gasteiger partial charge < -0.3 is 5.32 Å². The van der Waals surface area contributed by atoms with Gasteiger partial charge in [0, 0.05) is 25.4 Å². The van der Waals surface area contributed by atoms with Crippen LogP contribution in [0.1, 0.15) is 16.2 Å². The normalized spacial score (nSPS) is 10.9. The first-order chi connectivity index (χ1) is 12.3. The highest BCUT2D eigenvalue weighted by Gasteiger charge is 2.10. The van der Waals surface area contributed by atoms with Gasteiger partial charge in [0.05, 0.1) is 17.4 Å². The summed E-state index contributed by atoms with van der Waals surface area (Å²) in [5.74, 6) is 0.659. The van der Waals surface area contributed by atoms with Gasteiger partial charge in [-0.1, -0.05) is 24.3 Å². The summed E-state index contributed by atoms with van der Waals surface area (Å²) in [6.45, 7) is 0.477. The maximum atomic E-state index is 12.3. The molecule has 0 bridgehead atoms. The Hall–Kier alpha value is -3.48. The molecule has 1 amide bonds. The molecule has 0 unspecified atom stereocenters. The summed E-state index contributed by atoms with van der Waals surface area (Å²) in [6, 6.07) is 15.4. The summed E-state index contributed by atoms with van der Waals surface area (Å²) < 4.78 is 3.60. The number of fused-ring (bicyclic) bond motifs is 1. The molecule has 0 saturated carbocycles. The molecule has 0 spiro atoms. The molecular weight excluding hydrogens is 316 g/mol. The Balaban J connectivity index is 1.39. The zero-order valence-electron chi connectivity index (χ0n) is 13.4. The Morgan fingerprint density at radius 1 is 1.04 bits per heavy atom. The Kier molecular flexibility index (Phi) is 3.96. The molecule has 0 aliphatic heterocycles. The van der Waals surface area contributed by atoms with Crippen LogP contribution in [-0.4, -0.2) is 36.8 Å². The standard InChI is InChI=1S/C18H16N6O/c25-18(14-12-20-24(13-14)15-6-2-1-3-7-15)19-10-9-17-22-21-16-8-4-5-11-23(16)17/h1-8,11-13H,9-10H2,(H,19,25). The molecule has 0 aliphatic rings. The molecule has 1 aromatic carbocycles. The number of hydrogen-bond donors (Lipinski definition) is 1. The van der Waals surface area contributed by atoms with Crippen LogP contribution in [0.4, 0.5) is 0 Å². The molecule has 0 radical (unpaired) electrons. The van der Waals surface area contributed by atoms with Gasteiger partial charge in [0.1, 0.15) is 5.82 Å². The molecule has 4 aromatic rings. The number of hydrogen-bond acceptors (Lipinski definition) is 4. The highest BCUT2D eigenvalue weighted by molar-refractivity contribution is 5.93. The minimum absolute atomic E-state index is 0.156. The summed E-state index contributed by atoms with van der Waals surface area (Å²) >= 11 is 0. The van der Waals surface area contributed by atoms with Crippen molar-refractivity contribution in [1.29, 1.82) is 0 Å². The van der Waals surface area contributed by atoms with Gasteiger partial charge in [-0.3, -0.25) is 9.20 Å². The van der Waals surface area contributed by atoms with E-state index < -0.39 is 0 Å². The summed E-state index contributed by atoms with van der Waals surface area (Å²) in [5, 5.41) is 15.4. The Morgan fingerprint density at radius 2 is 1.88 bits per heavy atom. The maximum Gasteiger partial charge on any atom is 0.254 e. The quantitative estimate of drug-likeness (QED) is 0.605. The van der Waals surface area contributed by atoms with E-state index in [1.165, 1.54) is 0 Å². The number of nitrogens with zero attached hydrogens (tertiary/aromatic N) is 5. The molecule has 3 heterocycles. The number of nitrogens with one attached hydrogen (secondary N) is 1. The lowest BCUT2D eigenvalue weighted by Crippen LogP contribution is -2.25. The predicted molar refractivity (Wildman–Crippen MR) is 92.6 cm³/mol. The summed E-state index contributed by atoms with van der Waals surface area (Å²) in [4.78, 5) is 12.3. The summed E-state index contributed by atoms with van der Waals surface area (Å²) in [7, 11) is 0. The van der Waals surface area contributed by atoms with Gasteiger partial charge in [-0.2, -0.15) is 5.10 Å². The minimum Gasteiger partial charge on any atom is -0.351 e. The van der Waals surface area contributed by atoms with E-state index in [0.29, 0.717) is 18.5 Å². The third-order valence-electron chi connectivity index (χ3n) is 3.88. The number of carbonyl (C=O) groups is 1. The van der Waals surface area contributed by atoms with E-state index in [2.05, 4.69) is 20.6 Å². The lowest BCUT2D eigenvalue weighted by molar-refractivity contribution is 0.0954. The first-order valence-electron chi connectivity index (χ1n) is 7.98. The van der Waals surface area contributed by atoms with Gasteiger partial charge >= 0.3 is 0 Å². The molecule has 4 rings (SSSR count). The van der Waals surface area contributed by atoms with Crippen molar-refractivity contribution in [2.24, 2.45) is 0 Å². The van der Waals surface area contributed by atoms with Gasteiger partial charge in [-0.15, -0.1) is 10.2 Å². The maximum absolute atomic E-state index is 12.3. The predicted octanol–water partition coefficient (Wildman–Crippen LogP) is 1.89. The van der Waals surface area contributed by atoms with Crippen molar-refractivity contribution in [3.8, 4) is 5.69 Å². The molecule has 1 N–H and O–H groups in total. The molecule has 3 aromatic heterocycles. The van der Waals surface area contributed by atoms with Crippen molar-refractivity contribution >= 4 is 11.6 Å². The Bertz CT molecular complexity index is 1000. The van der Waals surface area contributed by atoms with Crippen molar-refractivity contribution in [3.05, 3.63) is 78.5 Å². The van der Waals surface area contributed by atoms with E-state index >= 15 is 0 Å². The van der Waals surface area contributed by atoms with E-state index in [9.17, 15) is 4.79 Å². The second-order valence-corrected chi connectivity index (χ2v) is 5.56. The van der Waals surface area contributed by atoms with Crippen LogP contribution in [-0.2, 0) is 6.42 Å². The molecule has 7 heteroatoms. The van der Waals surface area contributed by atoms with Gasteiger partial charge in [-0.05, 0) is 24.3 Å². The molecule has 25 heavy (non-hydrogen) atoms. The van der Waals surface area contributed by atoms with Crippen molar-refractivity contribution in [1.82, 2.24) is 29.7 Å². The SMILES string of the molecule is O=C(NCCc1nnc2ccccn12)c1cnn(-c2ccccc2)c1. The van der Waals surface area contributed by atoms with Gasteiger partial charge in [0.15, 0.2) is 5.65 Å². The summed E-state index contributed by atoms with van der Waals surface area (Å²) in [5.41, 5.74) is 2.24. The molecule has 0 saturated heterocycles. The van der Waals surface area contributed by atoms with Crippen LogP contribution < -0.4 is 5.32 Å². The lowest BCUT2D eigenvalue weighted by Gasteiger charge is -2.03. The fraction of sp³-hybridized carbons (Fsp3) is 0.111. The first kappa shape index (κ1) is 15.1. The molecule has 0 aliphatic carbocycles. The topological polar surface area (TPSA) is 77.1 Å². The monoisotopic (exact) mass is 332 g/mol. The van der Waals surface area contributed by atoms with Gasteiger partial charge in [0.25, 0.3) is 5.91 Å². The number of rotatable bonds is 5. The number of pyridine rings is 1. The second-order valence-electron chi connectivity index (χ2n) is 5.56. The number of amides is 1. The molecule has 0 fully saturated rings. The second kappa shape index (κ2) is 6.56. The lowest BCUT2D eigenvalue weighted by atomic mass is 10.3. The third kappa shape index (κ3) is 3.12. The van der Waals surface area contributed by atoms with E-state index in [1.807, 2.05) is 59.1 Å². The van der Waals surface area contributed by atoms with Crippen molar-refractivity contribution in [2.45, 2.75) is 6.42 Å². The van der Waals surface area contributed by atoms with Gasteiger partial charge in [0.2, 0.25) is 0 Å². The van der Waals surface area contributed by atoms with Crippen LogP contribution >= 0.6 is 0 Å². The molecule has 0 atom stereocenters. The van der Waals surface area contributed by atoms with Crippen LogP contribution in [0.25, 0.3) is 11.3 Å². The molecule has 124 valence electrons. The van der Waals surface area contributed by atoms with Gasteiger partial charge in [-0.25, -0.2) is 4.68 Å². The number of aromatic nitrogens is 5. The zero-order valence-corrected chi connectivity index (χ0v) is 13.4. The van der Waals surface area contributed by atoms with E-state index in [4.69, 9.17) is 0 Å². The largest absolute Gasteiger partial charge is 0.351 e.